The second kappa shape index (κ2) is 7.53. The highest BCUT2D eigenvalue weighted by Crippen LogP contribution is 2.23. The first-order chi connectivity index (χ1) is 10.1. The zero-order chi connectivity index (χ0) is 15.2. The van der Waals surface area contributed by atoms with E-state index >= 15 is 0 Å². The molecular formula is C14H19NO5S. The highest BCUT2D eigenvalue weighted by atomic mass is 32.1. The summed E-state index contributed by atoms with van der Waals surface area (Å²) in [5.74, 6) is -1.17. The number of thiophene rings is 1. The smallest absolute Gasteiger partial charge is 0.332 e. The third-order valence-corrected chi connectivity index (χ3v) is 4.24. The fourth-order valence-corrected chi connectivity index (χ4v) is 2.98. The van der Waals surface area contributed by atoms with Gasteiger partial charge in [-0.25, -0.2) is 4.79 Å². The third kappa shape index (κ3) is 4.26. The van der Waals surface area contributed by atoms with E-state index in [4.69, 9.17) is 14.6 Å². The Kier molecular flexibility index (Phi) is 5.72. The van der Waals surface area contributed by atoms with E-state index in [1.54, 1.807) is 23.3 Å². The summed E-state index contributed by atoms with van der Waals surface area (Å²) in [6.07, 6.45) is -0.708. The number of aliphatic carboxylic acids is 1. The molecule has 1 fully saturated rings. The lowest BCUT2D eigenvalue weighted by atomic mass is 10.2. The lowest BCUT2D eigenvalue weighted by Crippen LogP contribution is -2.40. The summed E-state index contributed by atoms with van der Waals surface area (Å²) in [5.41, 5.74) is 0. The van der Waals surface area contributed by atoms with Crippen LogP contribution in [-0.4, -0.2) is 54.4 Å². The standard InChI is InChI=1S/C14H19NO5S/c1-19-7-6-15(9-10-3-2-8-21-10)13(16)11-4-5-12(20-11)14(17)18/h2-3,8,11-12H,4-7,9H2,1H3,(H,17,18). The highest BCUT2D eigenvalue weighted by molar-refractivity contribution is 7.09. The Labute approximate surface area is 127 Å². The summed E-state index contributed by atoms with van der Waals surface area (Å²) in [6, 6.07) is 3.90. The second-order valence-corrected chi connectivity index (χ2v) is 5.89. The number of methoxy groups -OCH3 is 1. The number of amides is 1. The van der Waals surface area contributed by atoms with Gasteiger partial charge in [0.15, 0.2) is 6.10 Å². The number of carboxylic acids is 1. The normalized spacial score (nSPS) is 21.4. The molecule has 1 aromatic rings. The number of hydrogen-bond acceptors (Lipinski definition) is 5. The average Bonchev–Trinajstić information content (AvgIpc) is 3.13. The minimum atomic E-state index is -1.01. The van der Waals surface area contributed by atoms with Crippen LogP contribution < -0.4 is 0 Å². The van der Waals surface area contributed by atoms with Crippen LogP contribution >= 0.6 is 11.3 Å². The zero-order valence-corrected chi connectivity index (χ0v) is 12.7. The molecule has 2 unspecified atom stereocenters. The van der Waals surface area contributed by atoms with Gasteiger partial charge in [-0.15, -0.1) is 11.3 Å². The monoisotopic (exact) mass is 313 g/mol. The molecule has 2 heterocycles. The Morgan fingerprint density at radius 1 is 1.48 bits per heavy atom. The fraction of sp³-hybridized carbons (Fsp3) is 0.571. The van der Waals surface area contributed by atoms with Gasteiger partial charge in [0.2, 0.25) is 0 Å². The second-order valence-electron chi connectivity index (χ2n) is 4.86. The molecule has 116 valence electrons. The van der Waals surface area contributed by atoms with E-state index in [-0.39, 0.29) is 5.91 Å². The lowest BCUT2D eigenvalue weighted by molar-refractivity contribution is -0.155. The summed E-state index contributed by atoms with van der Waals surface area (Å²) in [6.45, 7) is 1.40. The van der Waals surface area contributed by atoms with Gasteiger partial charge in [0.25, 0.3) is 5.91 Å². The van der Waals surface area contributed by atoms with Crippen LogP contribution in [0.2, 0.25) is 0 Å². The van der Waals surface area contributed by atoms with Gasteiger partial charge < -0.3 is 19.5 Å². The lowest BCUT2D eigenvalue weighted by Gasteiger charge is -2.24. The molecule has 2 rings (SSSR count). The highest BCUT2D eigenvalue weighted by Gasteiger charge is 2.36. The SMILES string of the molecule is COCCN(Cc1cccs1)C(=O)C1CCC(C(=O)O)O1. The Morgan fingerprint density at radius 2 is 2.24 bits per heavy atom. The summed E-state index contributed by atoms with van der Waals surface area (Å²) in [7, 11) is 1.58. The molecule has 1 N–H and O–H groups in total. The molecule has 1 saturated heterocycles. The molecule has 0 radical (unpaired) electrons. The summed E-state index contributed by atoms with van der Waals surface area (Å²) >= 11 is 1.58. The predicted octanol–water partition coefficient (Wildman–Crippen LogP) is 1.36. The van der Waals surface area contributed by atoms with Gasteiger partial charge in [-0.2, -0.15) is 0 Å². The molecule has 2 atom stereocenters. The van der Waals surface area contributed by atoms with E-state index in [0.717, 1.165) is 4.88 Å². The molecule has 1 aliphatic heterocycles. The number of rotatable bonds is 7. The van der Waals surface area contributed by atoms with Gasteiger partial charge in [-0.3, -0.25) is 4.79 Å². The molecule has 0 spiro atoms. The van der Waals surface area contributed by atoms with Crippen LogP contribution in [-0.2, 0) is 25.6 Å². The number of hydrogen-bond donors (Lipinski definition) is 1. The van der Waals surface area contributed by atoms with Gasteiger partial charge in [0.05, 0.1) is 13.2 Å². The van der Waals surface area contributed by atoms with Crippen LogP contribution in [0.25, 0.3) is 0 Å². The van der Waals surface area contributed by atoms with E-state index in [9.17, 15) is 9.59 Å². The molecule has 0 aromatic carbocycles. The van der Waals surface area contributed by atoms with Gasteiger partial charge in [0, 0.05) is 18.5 Å². The number of nitrogens with zero attached hydrogens (tertiary/aromatic N) is 1. The van der Waals surface area contributed by atoms with E-state index in [1.165, 1.54) is 0 Å². The van der Waals surface area contributed by atoms with E-state index in [1.807, 2.05) is 17.5 Å². The number of carbonyl (C=O) groups excluding carboxylic acids is 1. The Hall–Kier alpha value is -1.44. The van der Waals surface area contributed by atoms with Gasteiger partial charge in [0.1, 0.15) is 6.10 Å². The minimum Gasteiger partial charge on any atom is -0.479 e. The molecule has 7 heteroatoms. The van der Waals surface area contributed by atoms with E-state index in [0.29, 0.717) is 32.5 Å². The largest absolute Gasteiger partial charge is 0.479 e. The van der Waals surface area contributed by atoms with Crippen molar-refractivity contribution in [2.45, 2.75) is 31.6 Å². The van der Waals surface area contributed by atoms with Crippen LogP contribution in [0.4, 0.5) is 0 Å². The maximum Gasteiger partial charge on any atom is 0.332 e. The maximum atomic E-state index is 12.5. The van der Waals surface area contributed by atoms with E-state index in [2.05, 4.69) is 0 Å². The molecular weight excluding hydrogens is 294 g/mol. The Balaban J connectivity index is 1.98. The Morgan fingerprint density at radius 3 is 2.81 bits per heavy atom. The molecule has 0 saturated carbocycles. The van der Waals surface area contributed by atoms with Crippen molar-refractivity contribution >= 4 is 23.2 Å². The van der Waals surface area contributed by atoms with Crippen molar-refractivity contribution in [3.8, 4) is 0 Å². The van der Waals surface area contributed by atoms with Crippen molar-refractivity contribution in [1.82, 2.24) is 4.90 Å². The third-order valence-electron chi connectivity index (χ3n) is 3.37. The number of ether oxygens (including phenoxy) is 2. The van der Waals surface area contributed by atoms with Crippen molar-refractivity contribution in [3.63, 3.8) is 0 Å². The first kappa shape index (κ1) is 15.9. The summed E-state index contributed by atoms with van der Waals surface area (Å²) < 4.78 is 10.4. The Bertz CT molecular complexity index is 476. The van der Waals surface area contributed by atoms with Crippen molar-refractivity contribution in [2.75, 3.05) is 20.3 Å². The average molecular weight is 313 g/mol. The van der Waals surface area contributed by atoms with Crippen molar-refractivity contribution in [3.05, 3.63) is 22.4 Å². The molecule has 21 heavy (non-hydrogen) atoms. The molecule has 1 aromatic heterocycles. The summed E-state index contributed by atoms with van der Waals surface area (Å²) in [4.78, 5) is 26.1. The fourth-order valence-electron chi connectivity index (χ4n) is 2.26. The zero-order valence-electron chi connectivity index (χ0n) is 11.9. The van der Waals surface area contributed by atoms with Crippen LogP contribution in [0.3, 0.4) is 0 Å². The summed E-state index contributed by atoms with van der Waals surface area (Å²) in [5, 5.41) is 10.9. The van der Waals surface area contributed by atoms with Crippen LogP contribution in [0.5, 0.6) is 0 Å². The maximum absolute atomic E-state index is 12.5. The molecule has 0 aliphatic carbocycles. The van der Waals surface area contributed by atoms with Gasteiger partial charge >= 0.3 is 5.97 Å². The molecule has 0 bridgehead atoms. The topological polar surface area (TPSA) is 76.1 Å². The predicted molar refractivity (Wildman–Crippen MR) is 77.1 cm³/mol. The minimum absolute atomic E-state index is 0.163. The molecule has 1 amide bonds. The first-order valence-electron chi connectivity index (χ1n) is 6.80. The molecule has 1 aliphatic rings. The van der Waals surface area contributed by atoms with Crippen LogP contribution in [0.15, 0.2) is 17.5 Å². The van der Waals surface area contributed by atoms with Gasteiger partial charge in [-0.1, -0.05) is 6.07 Å². The van der Waals surface area contributed by atoms with E-state index < -0.39 is 18.2 Å². The van der Waals surface area contributed by atoms with Crippen LogP contribution in [0, 0.1) is 0 Å². The van der Waals surface area contributed by atoms with Crippen molar-refractivity contribution in [1.29, 1.82) is 0 Å². The van der Waals surface area contributed by atoms with Crippen molar-refractivity contribution < 1.29 is 24.2 Å². The first-order valence-corrected chi connectivity index (χ1v) is 7.68. The number of carbonyl (C=O) groups is 2. The van der Waals surface area contributed by atoms with Crippen LogP contribution in [0.1, 0.15) is 17.7 Å². The van der Waals surface area contributed by atoms with Gasteiger partial charge in [-0.05, 0) is 24.3 Å². The van der Waals surface area contributed by atoms with Crippen molar-refractivity contribution in [2.24, 2.45) is 0 Å². The quantitative estimate of drug-likeness (QED) is 0.822. The number of carboxylic acid groups (broad SMARTS) is 1. The molecule has 6 nitrogen and oxygen atoms in total.